The summed E-state index contributed by atoms with van der Waals surface area (Å²) in [5, 5.41) is 12.2. The van der Waals surface area contributed by atoms with Gasteiger partial charge in [0.2, 0.25) is 0 Å². The second-order valence-electron chi connectivity index (χ2n) is 6.62. The third kappa shape index (κ3) is 4.65. The largest absolute Gasteiger partial charge is 0.376 e. The maximum atomic E-state index is 5.89. The van der Waals surface area contributed by atoms with Crippen LogP contribution in [0.4, 0.5) is 0 Å². The molecule has 1 atom stereocenters. The molecular formula is C20H22BrN3OS2. The zero-order valence-electron chi connectivity index (χ0n) is 15.2. The molecule has 0 aliphatic carbocycles. The van der Waals surface area contributed by atoms with Gasteiger partial charge in [0, 0.05) is 32.7 Å². The molecule has 4 nitrogen and oxygen atoms in total. The number of thioether (sulfide) groups is 1. The monoisotopic (exact) mass is 463 g/mol. The molecule has 1 saturated heterocycles. The van der Waals surface area contributed by atoms with E-state index in [1.54, 1.807) is 23.1 Å². The Morgan fingerprint density at radius 1 is 1.30 bits per heavy atom. The van der Waals surface area contributed by atoms with E-state index < -0.39 is 0 Å². The number of hydrogen-bond acceptors (Lipinski definition) is 5. The van der Waals surface area contributed by atoms with Gasteiger partial charge in [0.05, 0.1) is 12.6 Å². The molecule has 0 spiro atoms. The van der Waals surface area contributed by atoms with Crippen molar-refractivity contribution in [2.45, 2.75) is 49.7 Å². The average Bonchev–Trinajstić information content (AvgIpc) is 3.43. The van der Waals surface area contributed by atoms with Gasteiger partial charge < -0.3 is 4.74 Å². The topological polar surface area (TPSA) is 39.9 Å². The number of aryl methyl sites for hydroxylation is 1. The second kappa shape index (κ2) is 8.90. The first-order valence-electron chi connectivity index (χ1n) is 9.22. The Morgan fingerprint density at radius 2 is 2.15 bits per heavy atom. The Kier molecular flexibility index (Phi) is 6.32. The molecule has 0 amide bonds. The van der Waals surface area contributed by atoms with E-state index in [2.05, 4.69) is 73.3 Å². The Bertz CT molecular complexity index is 885. The van der Waals surface area contributed by atoms with E-state index in [0.717, 1.165) is 59.2 Å². The van der Waals surface area contributed by atoms with Gasteiger partial charge in [0.15, 0.2) is 11.0 Å². The molecular weight excluding hydrogens is 442 g/mol. The molecule has 4 rings (SSSR count). The van der Waals surface area contributed by atoms with Gasteiger partial charge in [0.1, 0.15) is 0 Å². The van der Waals surface area contributed by atoms with Crippen LogP contribution in [-0.2, 0) is 23.5 Å². The van der Waals surface area contributed by atoms with E-state index in [0.29, 0.717) is 0 Å². The fraction of sp³-hybridized carbons (Fsp3) is 0.400. The number of thiophene rings is 1. The van der Waals surface area contributed by atoms with Gasteiger partial charge in [-0.15, -0.1) is 21.5 Å². The molecule has 1 aliphatic heterocycles. The number of benzene rings is 1. The van der Waals surface area contributed by atoms with Gasteiger partial charge >= 0.3 is 0 Å². The summed E-state index contributed by atoms with van der Waals surface area (Å²) in [6.45, 7) is 3.87. The van der Waals surface area contributed by atoms with Crippen LogP contribution in [0.5, 0.6) is 0 Å². The van der Waals surface area contributed by atoms with Gasteiger partial charge in [-0.05, 0) is 43.0 Å². The van der Waals surface area contributed by atoms with Crippen molar-refractivity contribution in [3.63, 3.8) is 0 Å². The van der Waals surface area contributed by atoms with Crippen molar-refractivity contribution in [2.75, 3.05) is 6.61 Å². The molecule has 3 aromatic rings. The minimum Gasteiger partial charge on any atom is -0.376 e. The molecule has 1 unspecified atom stereocenters. The van der Waals surface area contributed by atoms with Gasteiger partial charge in [0.25, 0.3) is 0 Å². The fourth-order valence-electron chi connectivity index (χ4n) is 3.18. The van der Waals surface area contributed by atoms with Gasteiger partial charge in [-0.3, -0.25) is 4.57 Å². The van der Waals surface area contributed by atoms with Gasteiger partial charge in [-0.25, -0.2) is 0 Å². The van der Waals surface area contributed by atoms with Crippen LogP contribution < -0.4 is 0 Å². The van der Waals surface area contributed by atoms with Crippen molar-refractivity contribution in [1.29, 1.82) is 0 Å². The number of nitrogens with zero attached hydrogens (tertiary/aromatic N) is 3. The van der Waals surface area contributed by atoms with Gasteiger partial charge in [-0.1, -0.05) is 46.7 Å². The molecule has 27 heavy (non-hydrogen) atoms. The Morgan fingerprint density at radius 3 is 2.85 bits per heavy atom. The van der Waals surface area contributed by atoms with Crippen molar-refractivity contribution in [2.24, 2.45) is 0 Å². The number of rotatable bonds is 7. The van der Waals surface area contributed by atoms with Crippen molar-refractivity contribution in [1.82, 2.24) is 14.8 Å². The summed E-state index contributed by atoms with van der Waals surface area (Å²) < 4.78 is 9.24. The van der Waals surface area contributed by atoms with E-state index in [1.165, 1.54) is 10.4 Å². The van der Waals surface area contributed by atoms with Crippen LogP contribution in [-0.4, -0.2) is 27.5 Å². The predicted octanol–water partition coefficient (Wildman–Crippen LogP) is 5.80. The van der Waals surface area contributed by atoms with E-state index >= 15 is 0 Å². The Labute approximate surface area is 176 Å². The van der Waals surface area contributed by atoms with Crippen LogP contribution in [0.3, 0.4) is 0 Å². The highest BCUT2D eigenvalue weighted by Gasteiger charge is 2.22. The molecule has 0 saturated carbocycles. The third-order valence-corrected chi connectivity index (χ3v) is 7.32. The summed E-state index contributed by atoms with van der Waals surface area (Å²) in [5.41, 5.74) is 2.44. The quantitative estimate of drug-likeness (QED) is 0.414. The molecule has 2 aromatic heterocycles. The lowest BCUT2D eigenvalue weighted by Gasteiger charge is -2.14. The van der Waals surface area contributed by atoms with Crippen molar-refractivity contribution in [3.05, 3.63) is 50.6 Å². The lowest BCUT2D eigenvalue weighted by atomic mass is 10.2. The number of hydrogen-bond donors (Lipinski definition) is 0. The lowest BCUT2D eigenvalue weighted by Crippen LogP contribution is -2.16. The maximum absolute atomic E-state index is 5.89. The zero-order chi connectivity index (χ0) is 18.6. The highest BCUT2D eigenvalue weighted by molar-refractivity contribution is 9.10. The molecule has 0 radical (unpaired) electrons. The lowest BCUT2D eigenvalue weighted by molar-refractivity contribution is 0.0953. The first-order chi connectivity index (χ1) is 13.2. The van der Waals surface area contributed by atoms with Crippen LogP contribution in [0.25, 0.3) is 11.4 Å². The summed E-state index contributed by atoms with van der Waals surface area (Å²) in [5.74, 6) is 1.83. The van der Waals surface area contributed by atoms with Crippen LogP contribution in [0.15, 0.2) is 45.3 Å². The number of halogens is 1. The molecule has 0 N–H and O–H groups in total. The van der Waals surface area contributed by atoms with Gasteiger partial charge in [-0.2, -0.15) is 0 Å². The van der Waals surface area contributed by atoms with Crippen molar-refractivity contribution >= 4 is 39.0 Å². The molecule has 142 valence electrons. The van der Waals surface area contributed by atoms with Crippen LogP contribution >= 0.6 is 39.0 Å². The molecule has 1 aromatic carbocycles. The van der Waals surface area contributed by atoms with Crippen LogP contribution in [0, 0.1) is 0 Å². The minimum absolute atomic E-state index is 0.260. The zero-order valence-corrected chi connectivity index (χ0v) is 18.4. The SMILES string of the molecule is CCc1cc(-c2nnc(SCc3ccc(Br)cc3)n2CC2CCCO2)cs1. The van der Waals surface area contributed by atoms with E-state index in [-0.39, 0.29) is 6.10 Å². The highest BCUT2D eigenvalue weighted by atomic mass is 79.9. The fourth-order valence-corrected chi connectivity index (χ4v) is 5.16. The molecule has 7 heteroatoms. The number of aromatic nitrogens is 3. The van der Waals surface area contributed by atoms with Crippen molar-refractivity contribution < 1.29 is 4.74 Å². The number of ether oxygens (including phenoxy) is 1. The smallest absolute Gasteiger partial charge is 0.191 e. The van der Waals surface area contributed by atoms with E-state index in [9.17, 15) is 0 Å². The molecule has 1 aliphatic rings. The highest BCUT2D eigenvalue weighted by Crippen LogP contribution is 2.31. The summed E-state index contributed by atoms with van der Waals surface area (Å²) >= 11 is 7.03. The Balaban J connectivity index is 1.58. The molecule has 1 fully saturated rings. The summed E-state index contributed by atoms with van der Waals surface area (Å²) in [6.07, 6.45) is 3.56. The predicted molar refractivity (Wildman–Crippen MR) is 115 cm³/mol. The average molecular weight is 464 g/mol. The first-order valence-corrected chi connectivity index (χ1v) is 11.9. The molecule has 0 bridgehead atoms. The molecule has 3 heterocycles. The first kappa shape index (κ1) is 19.2. The summed E-state index contributed by atoms with van der Waals surface area (Å²) in [6, 6.07) is 10.7. The maximum Gasteiger partial charge on any atom is 0.191 e. The van der Waals surface area contributed by atoms with E-state index in [4.69, 9.17) is 4.74 Å². The van der Waals surface area contributed by atoms with E-state index in [1.807, 2.05) is 0 Å². The van der Waals surface area contributed by atoms with Crippen LogP contribution in [0.1, 0.15) is 30.2 Å². The Hall–Kier alpha value is -1.15. The van der Waals surface area contributed by atoms with Crippen LogP contribution in [0.2, 0.25) is 0 Å². The summed E-state index contributed by atoms with van der Waals surface area (Å²) in [7, 11) is 0. The summed E-state index contributed by atoms with van der Waals surface area (Å²) in [4.78, 5) is 1.38. The second-order valence-corrected chi connectivity index (χ2v) is 9.48. The standard InChI is InChI=1S/C20H22BrN3OS2/c1-2-18-10-15(13-26-18)19-22-23-20(24(19)11-17-4-3-9-25-17)27-12-14-5-7-16(21)8-6-14/h5-8,10,13,17H,2-4,9,11-12H2,1H3. The van der Waals surface area contributed by atoms with Crippen molar-refractivity contribution in [3.8, 4) is 11.4 Å². The normalized spacial score (nSPS) is 16.9. The minimum atomic E-state index is 0.260. The third-order valence-electron chi connectivity index (χ3n) is 4.67.